The maximum absolute atomic E-state index is 12.5. The number of rotatable bonds is 5. The second kappa shape index (κ2) is 5.82. The first-order valence-corrected chi connectivity index (χ1v) is 8.66. The predicted octanol–water partition coefficient (Wildman–Crippen LogP) is 5.16. The van der Waals surface area contributed by atoms with Gasteiger partial charge in [0, 0.05) is 11.1 Å². The number of carbonyl (C=O) groups is 1. The summed E-state index contributed by atoms with van der Waals surface area (Å²) < 4.78 is 6.01. The molecule has 24 heavy (non-hydrogen) atoms. The smallest absolute Gasteiger partial charge is 0.339 e. The number of hydrogen-bond donors (Lipinski definition) is 1. The van der Waals surface area contributed by atoms with Gasteiger partial charge >= 0.3 is 5.97 Å². The zero-order chi connectivity index (χ0) is 16.6. The van der Waals surface area contributed by atoms with Gasteiger partial charge in [0.1, 0.15) is 0 Å². The number of aromatic amines is 1. The summed E-state index contributed by atoms with van der Waals surface area (Å²) in [4.78, 5) is 16.0. The maximum atomic E-state index is 12.5. The van der Waals surface area contributed by atoms with Crippen molar-refractivity contribution in [3.63, 3.8) is 0 Å². The molecule has 2 aromatic carbocycles. The van der Waals surface area contributed by atoms with Gasteiger partial charge in [-0.05, 0) is 36.4 Å². The Hall–Kier alpha value is -2.55. The SMILES string of the molecule is CCCCCC1(c2cc3ccccc3[nH]2)OC(=O)c2ccccc21. The molecular weight excluding hydrogens is 298 g/mol. The van der Waals surface area contributed by atoms with E-state index in [4.69, 9.17) is 4.74 Å². The molecule has 3 heteroatoms. The van der Waals surface area contributed by atoms with Gasteiger partial charge in [-0.15, -0.1) is 0 Å². The van der Waals surface area contributed by atoms with Crippen LogP contribution in [-0.4, -0.2) is 11.0 Å². The molecular formula is C21H21NO2. The molecule has 0 radical (unpaired) electrons. The van der Waals surface area contributed by atoms with Crippen molar-refractivity contribution in [3.05, 3.63) is 71.4 Å². The summed E-state index contributed by atoms with van der Waals surface area (Å²) in [7, 11) is 0. The van der Waals surface area contributed by atoms with Crippen molar-refractivity contribution in [3.8, 4) is 0 Å². The Morgan fingerprint density at radius 1 is 1.04 bits per heavy atom. The highest BCUT2D eigenvalue weighted by Crippen LogP contribution is 2.45. The van der Waals surface area contributed by atoms with Gasteiger partial charge < -0.3 is 9.72 Å². The maximum Gasteiger partial charge on any atom is 0.339 e. The number of nitrogens with one attached hydrogen (secondary N) is 1. The Balaban J connectivity index is 1.87. The van der Waals surface area contributed by atoms with E-state index in [2.05, 4.69) is 30.1 Å². The number of hydrogen-bond acceptors (Lipinski definition) is 2. The average Bonchev–Trinajstić information content (AvgIpc) is 3.16. The van der Waals surface area contributed by atoms with E-state index in [0.717, 1.165) is 47.8 Å². The van der Waals surface area contributed by atoms with E-state index in [9.17, 15) is 4.79 Å². The molecule has 1 aliphatic heterocycles. The minimum Gasteiger partial charge on any atom is -0.444 e. The van der Waals surface area contributed by atoms with Crippen molar-refractivity contribution in [1.82, 2.24) is 4.98 Å². The third-order valence-electron chi connectivity index (χ3n) is 4.95. The molecule has 3 aromatic rings. The standard InChI is InChI=1S/C21H21NO2/c1-2-3-8-13-21(17-11-6-5-10-16(17)20(23)24-21)19-14-15-9-4-7-12-18(15)22-19/h4-7,9-12,14,22H,2-3,8,13H2,1H3. The Morgan fingerprint density at radius 2 is 1.83 bits per heavy atom. The molecule has 0 amide bonds. The van der Waals surface area contributed by atoms with Crippen LogP contribution in [0.25, 0.3) is 10.9 Å². The molecule has 0 fully saturated rings. The zero-order valence-corrected chi connectivity index (χ0v) is 13.8. The lowest BCUT2D eigenvalue weighted by atomic mass is 9.84. The van der Waals surface area contributed by atoms with Crippen molar-refractivity contribution in [2.45, 2.75) is 38.2 Å². The first-order valence-electron chi connectivity index (χ1n) is 8.66. The van der Waals surface area contributed by atoms with Gasteiger partial charge in [-0.3, -0.25) is 0 Å². The largest absolute Gasteiger partial charge is 0.444 e. The molecule has 0 aliphatic carbocycles. The molecule has 1 atom stereocenters. The predicted molar refractivity (Wildman–Crippen MR) is 95.1 cm³/mol. The monoisotopic (exact) mass is 319 g/mol. The summed E-state index contributed by atoms with van der Waals surface area (Å²) in [6, 6.07) is 18.1. The first-order chi connectivity index (χ1) is 11.7. The van der Waals surface area contributed by atoms with Crippen molar-refractivity contribution in [2.75, 3.05) is 0 Å². The van der Waals surface area contributed by atoms with E-state index >= 15 is 0 Å². The third-order valence-corrected chi connectivity index (χ3v) is 4.95. The Morgan fingerprint density at radius 3 is 2.67 bits per heavy atom. The van der Waals surface area contributed by atoms with Gasteiger partial charge in [0.15, 0.2) is 5.60 Å². The lowest BCUT2D eigenvalue weighted by Gasteiger charge is -2.28. The van der Waals surface area contributed by atoms with Crippen LogP contribution in [0.3, 0.4) is 0 Å². The molecule has 122 valence electrons. The highest BCUT2D eigenvalue weighted by atomic mass is 16.6. The fraction of sp³-hybridized carbons (Fsp3) is 0.286. The summed E-state index contributed by atoms with van der Waals surface area (Å²) >= 11 is 0. The lowest BCUT2D eigenvalue weighted by molar-refractivity contribution is 0.00471. The molecule has 1 unspecified atom stereocenters. The minimum absolute atomic E-state index is 0.222. The van der Waals surface area contributed by atoms with Gasteiger partial charge in [-0.2, -0.15) is 0 Å². The summed E-state index contributed by atoms with van der Waals surface area (Å²) in [5.41, 5.74) is 3.02. The van der Waals surface area contributed by atoms with Crippen molar-refractivity contribution < 1.29 is 9.53 Å². The van der Waals surface area contributed by atoms with Gasteiger partial charge in [0.05, 0.1) is 11.3 Å². The number of para-hydroxylation sites is 1. The van der Waals surface area contributed by atoms with Crippen LogP contribution in [0.15, 0.2) is 54.6 Å². The molecule has 1 aromatic heterocycles. The Bertz CT molecular complexity index is 862. The lowest BCUT2D eigenvalue weighted by Crippen LogP contribution is -2.28. The Kier molecular flexibility index (Phi) is 3.64. The number of unbranched alkanes of at least 4 members (excludes halogenated alkanes) is 2. The molecule has 2 heterocycles. The van der Waals surface area contributed by atoms with Crippen LogP contribution in [-0.2, 0) is 10.3 Å². The number of aromatic nitrogens is 1. The van der Waals surface area contributed by atoms with Gasteiger partial charge in [-0.1, -0.05) is 56.2 Å². The molecule has 0 saturated carbocycles. The number of ether oxygens (including phenoxy) is 1. The number of carbonyl (C=O) groups excluding carboxylic acids is 1. The molecule has 0 saturated heterocycles. The second-order valence-electron chi connectivity index (χ2n) is 6.49. The van der Waals surface area contributed by atoms with Crippen LogP contribution >= 0.6 is 0 Å². The van der Waals surface area contributed by atoms with Gasteiger partial charge in [0.2, 0.25) is 0 Å². The number of cyclic esters (lactones) is 1. The molecule has 3 nitrogen and oxygen atoms in total. The van der Waals surface area contributed by atoms with Crippen LogP contribution < -0.4 is 0 Å². The first kappa shape index (κ1) is 15.0. The van der Waals surface area contributed by atoms with Crippen LogP contribution in [0.5, 0.6) is 0 Å². The van der Waals surface area contributed by atoms with Crippen LogP contribution in [0.1, 0.15) is 54.2 Å². The quantitative estimate of drug-likeness (QED) is 0.521. The van der Waals surface area contributed by atoms with E-state index in [0.29, 0.717) is 5.56 Å². The van der Waals surface area contributed by atoms with Gasteiger partial charge in [-0.25, -0.2) is 4.79 Å². The normalized spacial score (nSPS) is 19.5. The number of H-pyrrole nitrogens is 1. The van der Waals surface area contributed by atoms with Crippen LogP contribution in [0, 0.1) is 0 Å². The van der Waals surface area contributed by atoms with E-state index in [1.165, 1.54) is 0 Å². The van der Waals surface area contributed by atoms with E-state index < -0.39 is 5.60 Å². The van der Waals surface area contributed by atoms with E-state index in [1.54, 1.807) is 0 Å². The highest BCUT2D eigenvalue weighted by Gasteiger charge is 2.47. The molecule has 0 spiro atoms. The molecule has 0 bridgehead atoms. The van der Waals surface area contributed by atoms with E-state index in [1.807, 2.05) is 36.4 Å². The third kappa shape index (κ3) is 2.23. The highest BCUT2D eigenvalue weighted by molar-refractivity contribution is 5.95. The number of fused-ring (bicyclic) bond motifs is 2. The minimum atomic E-state index is -0.693. The van der Waals surface area contributed by atoms with E-state index in [-0.39, 0.29) is 5.97 Å². The molecule has 4 rings (SSSR count). The fourth-order valence-electron chi connectivity index (χ4n) is 3.72. The summed E-state index contributed by atoms with van der Waals surface area (Å²) in [5, 5.41) is 1.14. The Labute approximate surface area is 141 Å². The van der Waals surface area contributed by atoms with Crippen LogP contribution in [0.4, 0.5) is 0 Å². The van der Waals surface area contributed by atoms with Crippen molar-refractivity contribution in [1.29, 1.82) is 0 Å². The zero-order valence-electron chi connectivity index (χ0n) is 13.8. The summed E-state index contributed by atoms with van der Waals surface area (Å²) in [6.45, 7) is 2.18. The van der Waals surface area contributed by atoms with Crippen LogP contribution in [0.2, 0.25) is 0 Å². The van der Waals surface area contributed by atoms with Gasteiger partial charge in [0.25, 0.3) is 0 Å². The fourth-order valence-corrected chi connectivity index (χ4v) is 3.72. The number of esters is 1. The molecule has 1 aliphatic rings. The molecule has 1 N–H and O–H groups in total. The summed E-state index contributed by atoms with van der Waals surface area (Å²) in [5.74, 6) is -0.222. The summed E-state index contributed by atoms with van der Waals surface area (Å²) in [6.07, 6.45) is 4.09. The average molecular weight is 319 g/mol. The van der Waals surface area contributed by atoms with Crippen molar-refractivity contribution >= 4 is 16.9 Å². The number of benzene rings is 2. The topological polar surface area (TPSA) is 42.1 Å². The second-order valence-corrected chi connectivity index (χ2v) is 6.49. The van der Waals surface area contributed by atoms with Crippen molar-refractivity contribution in [2.24, 2.45) is 0 Å².